The smallest absolute Gasteiger partial charge is 0.385 e. The maximum absolute atomic E-state index is 11.8. The van der Waals surface area contributed by atoms with E-state index in [0.29, 0.717) is 19.8 Å². The van der Waals surface area contributed by atoms with E-state index >= 15 is 0 Å². The Bertz CT molecular complexity index is 167. The van der Waals surface area contributed by atoms with Crippen LogP contribution >= 0.6 is 0 Å². The van der Waals surface area contributed by atoms with E-state index in [-0.39, 0.29) is 6.54 Å². The Kier molecular flexibility index (Phi) is 8.54. The molecule has 0 saturated carbocycles. The highest BCUT2D eigenvalue weighted by atomic mass is 19.4. The quantitative estimate of drug-likeness (QED) is 0.583. The average molecular weight is 245 g/mol. The number of aliphatic hydroxyl groups excluding tert-OH is 1. The minimum atomic E-state index is -4.56. The molecule has 0 saturated heterocycles. The van der Waals surface area contributed by atoms with Gasteiger partial charge in [-0.25, -0.2) is 0 Å². The molecule has 98 valence electrons. The van der Waals surface area contributed by atoms with Gasteiger partial charge in [0.15, 0.2) is 6.10 Å². The molecule has 0 heterocycles. The number of hydrogen-bond acceptors (Lipinski definition) is 4. The van der Waals surface area contributed by atoms with Crippen molar-refractivity contribution in [1.82, 2.24) is 5.32 Å². The van der Waals surface area contributed by atoms with Crippen molar-refractivity contribution in [3.8, 4) is 0 Å². The predicted molar refractivity (Wildman–Crippen MR) is 52.2 cm³/mol. The highest BCUT2D eigenvalue weighted by Crippen LogP contribution is 2.18. The molecule has 0 aliphatic rings. The van der Waals surface area contributed by atoms with Gasteiger partial charge in [0.2, 0.25) is 0 Å². The molecule has 7 heteroatoms. The summed E-state index contributed by atoms with van der Waals surface area (Å²) in [6.07, 6.45) is -6.13. The summed E-state index contributed by atoms with van der Waals surface area (Å²) < 4.78 is 45.4. The number of hydrogen-bond donors (Lipinski definition) is 2. The number of nitrogens with one attached hydrogen (secondary N) is 1. The molecule has 0 rings (SSSR count). The maximum Gasteiger partial charge on any atom is 0.415 e. The molecule has 16 heavy (non-hydrogen) atoms. The van der Waals surface area contributed by atoms with Gasteiger partial charge in [-0.3, -0.25) is 0 Å². The second-order valence-electron chi connectivity index (χ2n) is 3.22. The molecule has 0 aromatic carbocycles. The van der Waals surface area contributed by atoms with Gasteiger partial charge >= 0.3 is 6.18 Å². The number of aliphatic hydroxyl groups is 1. The van der Waals surface area contributed by atoms with Crippen molar-refractivity contribution in [3.05, 3.63) is 0 Å². The molecule has 2 N–H and O–H groups in total. The van der Waals surface area contributed by atoms with Gasteiger partial charge in [-0.2, -0.15) is 13.2 Å². The highest BCUT2D eigenvalue weighted by molar-refractivity contribution is 4.67. The fourth-order valence-corrected chi connectivity index (χ4v) is 0.906. The Morgan fingerprint density at radius 2 is 1.94 bits per heavy atom. The lowest BCUT2D eigenvalue weighted by Gasteiger charge is -2.14. The van der Waals surface area contributed by atoms with Gasteiger partial charge in [0, 0.05) is 33.4 Å². The van der Waals surface area contributed by atoms with Crippen LogP contribution in [0.1, 0.15) is 6.42 Å². The van der Waals surface area contributed by atoms with Gasteiger partial charge in [0.1, 0.15) is 0 Å². The van der Waals surface area contributed by atoms with Crippen LogP contribution in [0, 0.1) is 0 Å². The Morgan fingerprint density at radius 1 is 1.25 bits per heavy atom. The van der Waals surface area contributed by atoms with Crippen molar-refractivity contribution in [2.45, 2.75) is 18.7 Å². The van der Waals surface area contributed by atoms with Crippen molar-refractivity contribution in [3.63, 3.8) is 0 Å². The summed E-state index contributed by atoms with van der Waals surface area (Å²) in [6, 6.07) is 0. The van der Waals surface area contributed by atoms with Crippen molar-refractivity contribution < 1.29 is 27.8 Å². The first-order chi connectivity index (χ1) is 7.48. The highest BCUT2D eigenvalue weighted by Gasteiger charge is 2.37. The van der Waals surface area contributed by atoms with E-state index in [1.807, 2.05) is 0 Å². The summed E-state index contributed by atoms with van der Waals surface area (Å²) in [6.45, 7) is 1.19. The van der Waals surface area contributed by atoms with Gasteiger partial charge in [-0.15, -0.1) is 0 Å². The molecule has 0 fully saturated rings. The molecule has 0 aromatic rings. The molecule has 1 atom stereocenters. The van der Waals surface area contributed by atoms with Crippen LogP contribution < -0.4 is 5.32 Å². The number of alkyl halides is 3. The van der Waals surface area contributed by atoms with Crippen LogP contribution in [0.15, 0.2) is 0 Å². The maximum atomic E-state index is 11.8. The molecule has 1 unspecified atom stereocenters. The third kappa shape index (κ3) is 8.90. The Morgan fingerprint density at radius 3 is 2.50 bits per heavy atom. The second-order valence-corrected chi connectivity index (χ2v) is 3.22. The standard InChI is InChI=1S/C9H18F3NO3/c1-15-4-2-5-16-6-3-13-7-8(14)9(10,11)12/h8,13-14H,2-7H2,1H3. The second kappa shape index (κ2) is 8.74. The molecule has 0 amide bonds. The predicted octanol–water partition coefficient (Wildman–Crippen LogP) is 0.552. The topological polar surface area (TPSA) is 50.7 Å². The lowest BCUT2D eigenvalue weighted by atomic mass is 10.3. The lowest BCUT2D eigenvalue weighted by Crippen LogP contribution is -2.39. The summed E-state index contributed by atoms with van der Waals surface area (Å²) in [7, 11) is 1.58. The first-order valence-electron chi connectivity index (χ1n) is 5.00. The van der Waals surface area contributed by atoms with E-state index in [1.165, 1.54) is 0 Å². The number of rotatable bonds is 9. The monoisotopic (exact) mass is 245 g/mol. The van der Waals surface area contributed by atoms with Crippen LogP contribution in [0.5, 0.6) is 0 Å². The number of methoxy groups -OCH3 is 1. The van der Waals surface area contributed by atoms with Crippen LogP contribution in [-0.4, -0.2) is 57.4 Å². The van der Waals surface area contributed by atoms with Gasteiger partial charge < -0.3 is 19.9 Å². The van der Waals surface area contributed by atoms with Crippen molar-refractivity contribution in [2.24, 2.45) is 0 Å². The van der Waals surface area contributed by atoms with Crippen LogP contribution in [0.3, 0.4) is 0 Å². The molecular formula is C9H18F3NO3. The molecule has 0 radical (unpaired) electrons. The molecule has 0 aliphatic carbocycles. The summed E-state index contributed by atoms with van der Waals surface area (Å²) >= 11 is 0. The van der Waals surface area contributed by atoms with Gasteiger partial charge in [-0.1, -0.05) is 0 Å². The van der Waals surface area contributed by atoms with E-state index in [2.05, 4.69) is 5.32 Å². The van der Waals surface area contributed by atoms with E-state index in [1.54, 1.807) is 7.11 Å². The molecule has 0 aromatic heterocycles. The summed E-state index contributed by atoms with van der Waals surface area (Å²) in [5, 5.41) is 11.1. The van der Waals surface area contributed by atoms with Gasteiger partial charge in [0.25, 0.3) is 0 Å². The molecule has 4 nitrogen and oxygen atoms in total. The van der Waals surface area contributed by atoms with Crippen LogP contribution in [-0.2, 0) is 9.47 Å². The Hall–Kier alpha value is -0.370. The zero-order valence-electron chi connectivity index (χ0n) is 9.22. The minimum Gasteiger partial charge on any atom is -0.385 e. The normalized spacial score (nSPS) is 14.1. The van der Waals surface area contributed by atoms with E-state index in [4.69, 9.17) is 14.6 Å². The summed E-state index contributed by atoms with van der Waals surface area (Å²) in [4.78, 5) is 0. The summed E-state index contributed by atoms with van der Waals surface area (Å²) in [5.74, 6) is 0. The van der Waals surface area contributed by atoms with Crippen molar-refractivity contribution in [1.29, 1.82) is 0 Å². The Balaban J connectivity index is 3.21. The van der Waals surface area contributed by atoms with Gasteiger partial charge in [0.05, 0.1) is 6.61 Å². The third-order valence-corrected chi connectivity index (χ3v) is 1.78. The molecule has 0 aliphatic heterocycles. The van der Waals surface area contributed by atoms with E-state index in [9.17, 15) is 13.2 Å². The fourth-order valence-electron chi connectivity index (χ4n) is 0.906. The van der Waals surface area contributed by atoms with Crippen LogP contribution in [0.4, 0.5) is 13.2 Å². The minimum absolute atomic E-state index is 0.278. The number of halogens is 3. The van der Waals surface area contributed by atoms with Crippen molar-refractivity contribution in [2.75, 3.05) is 40.0 Å². The SMILES string of the molecule is COCCCOCCNCC(O)C(F)(F)F. The van der Waals surface area contributed by atoms with Gasteiger partial charge in [-0.05, 0) is 6.42 Å². The summed E-state index contributed by atoms with van der Waals surface area (Å²) in [5.41, 5.74) is 0. The zero-order chi connectivity index (χ0) is 12.4. The fraction of sp³-hybridized carbons (Fsp3) is 1.00. The average Bonchev–Trinajstić information content (AvgIpc) is 2.20. The van der Waals surface area contributed by atoms with E-state index < -0.39 is 18.8 Å². The van der Waals surface area contributed by atoms with E-state index in [0.717, 1.165) is 6.42 Å². The third-order valence-electron chi connectivity index (χ3n) is 1.78. The molecule has 0 spiro atoms. The van der Waals surface area contributed by atoms with Crippen LogP contribution in [0.2, 0.25) is 0 Å². The molecular weight excluding hydrogens is 227 g/mol. The lowest BCUT2D eigenvalue weighted by molar-refractivity contribution is -0.201. The Labute approximate surface area is 92.7 Å². The largest absolute Gasteiger partial charge is 0.415 e. The van der Waals surface area contributed by atoms with Crippen LogP contribution in [0.25, 0.3) is 0 Å². The van der Waals surface area contributed by atoms with Crippen molar-refractivity contribution >= 4 is 0 Å². The zero-order valence-corrected chi connectivity index (χ0v) is 9.22. The first-order valence-corrected chi connectivity index (χ1v) is 5.00. The number of ether oxygens (including phenoxy) is 2. The first kappa shape index (κ1) is 15.6. The molecule has 0 bridgehead atoms.